The summed E-state index contributed by atoms with van der Waals surface area (Å²) in [6, 6.07) is 2.22. The molecule has 5 nitrogen and oxygen atoms in total. The average Bonchev–Trinajstić information content (AvgIpc) is 2.18. The monoisotopic (exact) mass is 303 g/mol. The van der Waals surface area contributed by atoms with Crippen molar-refractivity contribution in [2.75, 3.05) is 3.71 Å². The lowest BCUT2D eigenvalue weighted by Gasteiger charge is -2.15. The number of hydrogen-bond donors (Lipinski definition) is 2. The van der Waals surface area contributed by atoms with E-state index in [1.807, 2.05) is 0 Å². The lowest BCUT2D eigenvalue weighted by atomic mass is 10.1. The van der Waals surface area contributed by atoms with Crippen LogP contribution in [0.2, 0.25) is 0 Å². The van der Waals surface area contributed by atoms with E-state index < -0.39 is 39.2 Å². The van der Waals surface area contributed by atoms with E-state index in [1.54, 1.807) is 0 Å². The second kappa shape index (κ2) is 5.14. The number of rotatable bonds is 3. The highest BCUT2D eigenvalue weighted by Gasteiger charge is 2.31. The van der Waals surface area contributed by atoms with Gasteiger partial charge in [0.05, 0.1) is 11.3 Å². The van der Waals surface area contributed by atoms with Gasteiger partial charge in [-0.15, -0.1) is 0 Å². The van der Waals surface area contributed by atoms with Crippen molar-refractivity contribution in [2.45, 2.75) is 13.1 Å². The van der Waals surface area contributed by atoms with Crippen LogP contribution >= 0.6 is 0 Å². The zero-order valence-electron chi connectivity index (χ0n) is 8.84. The minimum absolute atomic E-state index is 0.0881. The molecule has 102 valence electrons. The molecule has 0 aliphatic carbocycles. The molecule has 0 aliphatic heterocycles. The molecular weight excluding hydrogens is 295 g/mol. The summed E-state index contributed by atoms with van der Waals surface area (Å²) in [7, 11) is -7.15. The Bertz CT molecular complexity index is 569. The maximum absolute atomic E-state index is 12.4. The van der Waals surface area contributed by atoms with Gasteiger partial charge in [0, 0.05) is 0 Å². The maximum atomic E-state index is 12.4. The number of nitrogens with zero attached hydrogens (tertiary/aromatic N) is 1. The number of anilines is 1. The van der Waals surface area contributed by atoms with Crippen LogP contribution in [0.15, 0.2) is 18.2 Å². The van der Waals surface area contributed by atoms with Gasteiger partial charge < -0.3 is 0 Å². The maximum Gasteiger partial charge on any atom is 0.416 e. The van der Waals surface area contributed by atoms with E-state index in [2.05, 4.69) is 0 Å². The van der Waals surface area contributed by atoms with Crippen LogP contribution in [0.25, 0.3) is 0 Å². The quantitative estimate of drug-likeness (QED) is 0.813. The molecule has 0 aliphatic rings. The van der Waals surface area contributed by atoms with Crippen molar-refractivity contribution in [1.82, 2.24) is 0 Å². The summed E-state index contributed by atoms with van der Waals surface area (Å²) in [6.45, 7) is 1.31. The first kappa shape index (κ1) is 14.8. The van der Waals surface area contributed by atoms with Gasteiger partial charge in [-0.1, -0.05) is 6.07 Å². The van der Waals surface area contributed by atoms with E-state index in [0.29, 0.717) is 6.07 Å². The summed E-state index contributed by atoms with van der Waals surface area (Å²) >= 11 is 0. The normalized spacial score (nSPS) is 12.1. The van der Waals surface area contributed by atoms with E-state index in [-0.39, 0.29) is 9.27 Å². The molecule has 10 heteroatoms. The second-order valence-corrected chi connectivity index (χ2v) is 5.33. The van der Waals surface area contributed by atoms with Gasteiger partial charge in [0.25, 0.3) is 0 Å². The zero-order valence-corrected chi connectivity index (χ0v) is 10.6. The van der Waals surface area contributed by atoms with Crippen LogP contribution in [0, 0.1) is 6.92 Å². The highest BCUT2D eigenvalue weighted by atomic mass is 32.2. The molecule has 0 heterocycles. The highest BCUT2D eigenvalue weighted by Crippen LogP contribution is 2.33. The number of thiol groups is 2. The Morgan fingerprint density at radius 2 is 1.56 bits per heavy atom. The first-order chi connectivity index (χ1) is 8.14. The Hall–Kier alpha value is -1.29. The van der Waals surface area contributed by atoms with Gasteiger partial charge in [-0.3, -0.25) is 0 Å². The summed E-state index contributed by atoms with van der Waals surface area (Å²) < 4.78 is 80.3. The molecule has 0 spiro atoms. The molecule has 1 rings (SSSR count). The van der Waals surface area contributed by atoms with E-state index in [4.69, 9.17) is 0 Å². The molecule has 1 aromatic carbocycles. The van der Waals surface area contributed by atoms with Crippen LogP contribution in [0.4, 0.5) is 18.9 Å². The number of halogens is 3. The second-order valence-electron chi connectivity index (χ2n) is 3.26. The van der Waals surface area contributed by atoms with Gasteiger partial charge in [0.2, 0.25) is 21.8 Å². The summed E-state index contributed by atoms with van der Waals surface area (Å²) in [5, 5.41) is 0. The van der Waals surface area contributed by atoms with Gasteiger partial charge in [0.1, 0.15) is 0 Å². The Morgan fingerprint density at radius 1 is 1.06 bits per heavy atom. The standard InChI is InChI=1S/C8H8F3NO4S2/c1-5-2-3-6(8(9,10)11)4-7(5)12(17(13)14)18(15)16/h2-4,17-18H,1H3. The van der Waals surface area contributed by atoms with Crippen molar-refractivity contribution in [3.8, 4) is 0 Å². The fourth-order valence-corrected chi connectivity index (χ4v) is 2.50. The molecule has 0 fully saturated rings. The van der Waals surface area contributed by atoms with E-state index >= 15 is 0 Å². The Labute approximate surface area is 104 Å². The summed E-state index contributed by atoms with van der Waals surface area (Å²) in [5.41, 5.74) is -1.56. The molecule has 0 N–H and O–H groups in total. The van der Waals surface area contributed by atoms with Crippen LogP contribution in [0.1, 0.15) is 11.1 Å². The molecule has 0 bridgehead atoms. The first-order valence-corrected chi connectivity index (χ1v) is 6.67. The van der Waals surface area contributed by atoms with Crippen LogP contribution in [-0.4, -0.2) is 16.8 Å². The summed E-state index contributed by atoms with van der Waals surface area (Å²) in [6.07, 6.45) is -4.68. The predicted molar refractivity (Wildman–Crippen MR) is 59.3 cm³/mol. The van der Waals surface area contributed by atoms with E-state index in [9.17, 15) is 30.0 Å². The van der Waals surface area contributed by atoms with E-state index in [0.717, 1.165) is 12.1 Å². The van der Waals surface area contributed by atoms with Crippen LogP contribution in [0.5, 0.6) is 0 Å². The van der Waals surface area contributed by atoms with Gasteiger partial charge in [-0.25, -0.2) is 16.8 Å². The molecule has 0 saturated heterocycles. The van der Waals surface area contributed by atoms with Crippen molar-refractivity contribution >= 4 is 27.5 Å². The van der Waals surface area contributed by atoms with Gasteiger partial charge in [-0.05, 0) is 24.6 Å². The van der Waals surface area contributed by atoms with Crippen LogP contribution < -0.4 is 3.71 Å². The van der Waals surface area contributed by atoms with Gasteiger partial charge in [0.15, 0.2) is 0 Å². The van der Waals surface area contributed by atoms with Crippen molar-refractivity contribution in [2.24, 2.45) is 0 Å². The molecule has 0 amide bonds. The lowest BCUT2D eigenvalue weighted by Crippen LogP contribution is -2.20. The molecule has 0 saturated carbocycles. The Balaban J connectivity index is 3.48. The molecule has 0 radical (unpaired) electrons. The Kier molecular flexibility index (Phi) is 4.22. The summed E-state index contributed by atoms with van der Waals surface area (Å²) in [5.74, 6) is 0. The number of hydrogen-bond acceptors (Lipinski definition) is 4. The highest BCUT2D eigenvalue weighted by molar-refractivity contribution is 7.92. The molecule has 1 aromatic rings. The fraction of sp³-hybridized carbons (Fsp3) is 0.250. The van der Waals surface area contributed by atoms with Crippen LogP contribution in [-0.2, 0) is 28.0 Å². The zero-order chi connectivity index (χ0) is 14.1. The van der Waals surface area contributed by atoms with E-state index in [1.165, 1.54) is 6.92 Å². The molecular formula is C8H8F3NO4S2. The van der Waals surface area contributed by atoms with Gasteiger partial charge >= 0.3 is 6.18 Å². The number of aryl methyl sites for hydroxylation is 1. The molecule has 0 aromatic heterocycles. The molecule has 18 heavy (non-hydrogen) atoms. The lowest BCUT2D eigenvalue weighted by molar-refractivity contribution is -0.137. The minimum Gasteiger partial charge on any atom is -0.209 e. The summed E-state index contributed by atoms with van der Waals surface area (Å²) in [4.78, 5) is 0. The third-order valence-corrected chi connectivity index (χ3v) is 3.99. The van der Waals surface area contributed by atoms with Crippen LogP contribution in [0.3, 0.4) is 0 Å². The minimum atomic E-state index is -4.68. The third kappa shape index (κ3) is 3.13. The predicted octanol–water partition coefficient (Wildman–Crippen LogP) is 0.873. The fourth-order valence-electron chi connectivity index (χ4n) is 1.24. The first-order valence-electron chi connectivity index (χ1n) is 4.41. The van der Waals surface area contributed by atoms with Crippen molar-refractivity contribution in [1.29, 1.82) is 0 Å². The number of alkyl halides is 3. The number of benzene rings is 1. The third-order valence-electron chi connectivity index (χ3n) is 2.06. The van der Waals surface area contributed by atoms with Crippen molar-refractivity contribution in [3.05, 3.63) is 29.3 Å². The Morgan fingerprint density at radius 3 is 1.94 bits per heavy atom. The van der Waals surface area contributed by atoms with Crippen molar-refractivity contribution < 1.29 is 30.0 Å². The largest absolute Gasteiger partial charge is 0.416 e. The SMILES string of the molecule is Cc1ccc(C(F)(F)F)cc1N([SH](=O)=O)[SH](=O)=O. The molecule has 0 unspecified atom stereocenters. The molecule has 0 atom stereocenters. The average molecular weight is 303 g/mol. The van der Waals surface area contributed by atoms with Gasteiger partial charge in [-0.2, -0.15) is 16.9 Å². The smallest absolute Gasteiger partial charge is 0.209 e. The van der Waals surface area contributed by atoms with Crippen molar-refractivity contribution in [3.63, 3.8) is 0 Å². The topological polar surface area (TPSA) is 71.5 Å².